The van der Waals surface area contributed by atoms with Crippen molar-refractivity contribution < 1.29 is 13.5 Å². The van der Waals surface area contributed by atoms with E-state index in [0.29, 0.717) is 25.6 Å². The topological polar surface area (TPSA) is 75.4 Å². The lowest BCUT2D eigenvalue weighted by Crippen LogP contribution is -2.31. The zero-order chi connectivity index (χ0) is 18.0. The second kappa shape index (κ2) is 7.27. The van der Waals surface area contributed by atoms with Crippen LogP contribution in [0.1, 0.15) is 30.2 Å². The second-order valence-corrected chi connectivity index (χ2v) is 8.52. The van der Waals surface area contributed by atoms with Gasteiger partial charge in [-0.1, -0.05) is 24.3 Å². The van der Waals surface area contributed by atoms with Crippen LogP contribution in [-0.4, -0.2) is 40.7 Å². The van der Waals surface area contributed by atoms with Crippen LogP contribution < -0.4 is 0 Å². The fourth-order valence-corrected chi connectivity index (χ4v) is 5.23. The van der Waals surface area contributed by atoms with Crippen LogP contribution in [0.15, 0.2) is 35.4 Å². The molecule has 0 aliphatic carbocycles. The Kier molecular flexibility index (Phi) is 5.27. The number of aryl methyl sites for hydroxylation is 2. The predicted octanol–water partition coefficient (Wildman–Crippen LogP) is 1.96. The van der Waals surface area contributed by atoms with Crippen molar-refractivity contribution >= 4 is 10.0 Å². The van der Waals surface area contributed by atoms with Gasteiger partial charge in [-0.25, -0.2) is 8.42 Å². The van der Waals surface area contributed by atoms with Gasteiger partial charge >= 0.3 is 0 Å². The van der Waals surface area contributed by atoms with Gasteiger partial charge in [-0.05, 0) is 49.8 Å². The van der Waals surface area contributed by atoms with E-state index in [2.05, 4.69) is 5.10 Å². The molecule has 1 saturated heterocycles. The molecule has 0 radical (unpaired) electrons. The monoisotopic (exact) mass is 363 g/mol. The summed E-state index contributed by atoms with van der Waals surface area (Å²) in [5.74, 6) is 0.294. The summed E-state index contributed by atoms with van der Waals surface area (Å²) >= 11 is 0. The largest absolute Gasteiger partial charge is 0.392 e. The Hall–Kier alpha value is -1.70. The lowest BCUT2D eigenvalue weighted by Gasteiger charge is -2.17. The maximum absolute atomic E-state index is 13.0. The summed E-state index contributed by atoms with van der Waals surface area (Å²) < 4.78 is 29.1. The minimum atomic E-state index is -3.50. The van der Waals surface area contributed by atoms with Gasteiger partial charge in [0, 0.05) is 19.6 Å². The van der Waals surface area contributed by atoms with Crippen LogP contribution in [0, 0.1) is 12.8 Å². The first-order valence-corrected chi connectivity index (χ1v) is 10.1. The third kappa shape index (κ3) is 3.78. The van der Waals surface area contributed by atoms with Gasteiger partial charge in [0.25, 0.3) is 10.0 Å². The number of aromatic nitrogens is 2. The third-order valence-electron chi connectivity index (χ3n) is 4.72. The van der Waals surface area contributed by atoms with E-state index in [-0.39, 0.29) is 11.6 Å². The van der Waals surface area contributed by atoms with Gasteiger partial charge in [0.1, 0.15) is 0 Å². The maximum Gasteiger partial charge on any atom is 0.260 e. The van der Waals surface area contributed by atoms with Gasteiger partial charge in [0.15, 0.2) is 5.03 Å². The highest BCUT2D eigenvalue weighted by Crippen LogP contribution is 2.27. The van der Waals surface area contributed by atoms with Crippen LogP contribution in [0.3, 0.4) is 0 Å². The molecule has 0 spiro atoms. The van der Waals surface area contributed by atoms with Crippen molar-refractivity contribution in [3.63, 3.8) is 0 Å². The molecule has 2 heterocycles. The molecular weight excluding hydrogens is 338 g/mol. The van der Waals surface area contributed by atoms with Gasteiger partial charge < -0.3 is 5.11 Å². The van der Waals surface area contributed by atoms with Crippen molar-refractivity contribution in [1.29, 1.82) is 0 Å². The number of aliphatic hydroxyl groups is 1. The lowest BCUT2D eigenvalue weighted by atomic mass is 9.97. The Morgan fingerprint density at radius 3 is 2.76 bits per heavy atom. The van der Waals surface area contributed by atoms with Crippen molar-refractivity contribution in [3.05, 3.63) is 47.2 Å². The van der Waals surface area contributed by atoms with Crippen molar-refractivity contribution in [3.8, 4) is 0 Å². The molecule has 1 aliphatic heterocycles. The Balaban J connectivity index is 1.73. The van der Waals surface area contributed by atoms with Crippen LogP contribution in [0.5, 0.6) is 0 Å². The van der Waals surface area contributed by atoms with E-state index in [1.54, 1.807) is 15.1 Å². The number of aliphatic hydroxyl groups excluding tert-OH is 1. The molecule has 3 rings (SSSR count). The highest BCUT2D eigenvalue weighted by Gasteiger charge is 2.34. The average molecular weight is 363 g/mol. The molecule has 1 atom stereocenters. The zero-order valence-electron chi connectivity index (χ0n) is 14.7. The van der Waals surface area contributed by atoms with E-state index in [1.165, 1.54) is 0 Å². The predicted molar refractivity (Wildman–Crippen MR) is 95.6 cm³/mol. The second-order valence-electron chi connectivity index (χ2n) is 6.64. The van der Waals surface area contributed by atoms with Crippen LogP contribution >= 0.6 is 0 Å². The summed E-state index contributed by atoms with van der Waals surface area (Å²) in [6, 6.07) is 9.51. The highest BCUT2D eigenvalue weighted by molar-refractivity contribution is 7.89. The first-order valence-electron chi connectivity index (χ1n) is 8.67. The van der Waals surface area contributed by atoms with Gasteiger partial charge in [0.2, 0.25) is 0 Å². The SMILES string of the molecule is CCn1nc(C)cc1S(=O)(=O)N1CC[C@@H](Cc2cccc(CO)c2)C1. The normalized spacial score (nSPS) is 18.8. The summed E-state index contributed by atoms with van der Waals surface area (Å²) in [5, 5.41) is 13.8. The van der Waals surface area contributed by atoms with E-state index in [1.807, 2.05) is 38.1 Å². The number of benzene rings is 1. The summed E-state index contributed by atoms with van der Waals surface area (Å²) in [6.07, 6.45) is 1.67. The van der Waals surface area contributed by atoms with Crippen molar-refractivity contribution in [2.45, 2.75) is 44.9 Å². The summed E-state index contributed by atoms with van der Waals surface area (Å²) in [5.41, 5.74) is 2.75. The van der Waals surface area contributed by atoms with Crippen LogP contribution in [0.4, 0.5) is 0 Å². The first-order chi connectivity index (χ1) is 11.9. The molecule has 0 saturated carbocycles. The molecule has 0 amide bonds. The maximum atomic E-state index is 13.0. The molecule has 1 aliphatic rings. The number of hydrogen-bond acceptors (Lipinski definition) is 4. The number of nitrogens with zero attached hydrogens (tertiary/aromatic N) is 3. The molecule has 1 aromatic heterocycles. The minimum absolute atomic E-state index is 0.0272. The van der Waals surface area contributed by atoms with Crippen LogP contribution in [-0.2, 0) is 29.6 Å². The lowest BCUT2D eigenvalue weighted by molar-refractivity contribution is 0.281. The van der Waals surface area contributed by atoms with Crippen molar-refractivity contribution in [1.82, 2.24) is 14.1 Å². The standard InChI is InChI=1S/C18H25N3O3S/c1-3-21-18(9-14(2)19-21)25(23,24)20-8-7-16(12-20)10-15-5-4-6-17(11-15)13-22/h4-6,9,11,16,22H,3,7-8,10,12-13H2,1-2H3/t16-/m0/s1. The quantitative estimate of drug-likeness (QED) is 0.851. The fraction of sp³-hybridized carbons (Fsp3) is 0.500. The molecule has 0 bridgehead atoms. The highest BCUT2D eigenvalue weighted by atomic mass is 32.2. The summed E-state index contributed by atoms with van der Waals surface area (Å²) in [6.45, 7) is 5.34. The van der Waals surface area contributed by atoms with Crippen LogP contribution in [0.25, 0.3) is 0 Å². The fourth-order valence-electron chi connectivity index (χ4n) is 3.46. The number of hydrogen-bond donors (Lipinski definition) is 1. The zero-order valence-corrected chi connectivity index (χ0v) is 15.5. The van der Waals surface area contributed by atoms with E-state index in [0.717, 1.165) is 29.7 Å². The molecule has 136 valence electrons. The Labute approximate surface area is 149 Å². The molecule has 1 fully saturated rings. The van der Waals surface area contributed by atoms with Crippen molar-refractivity contribution in [2.75, 3.05) is 13.1 Å². The molecule has 2 aromatic rings. The molecule has 7 heteroatoms. The number of rotatable bonds is 6. The summed E-state index contributed by atoms with van der Waals surface area (Å²) in [7, 11) is -3.50. The molecule has 25 heavy (non-hydrogen) atoms. The Morgan fingerprint density at radius 1 is 1.28 bits per heavy atom. The third-order valence-corrected chi connectivity index (χ3v) is 6.58. The van der Waals surface area contributed by atoms with Gasteiger partial charge in [0.05, 0.1) is 12.3 Å². The Bertz CT molecular complexity index is 845. The van der Waals surface area contributed by atoms with Crippen LogP contribution in [0.2, 0.25) is 0 Å². The average Bonchev–Trinajstić information content (AvgIpc) is 3.22. The molecular formula is C18H25N3O3S. The van der Waals surface area contributed by atoms with Gasteiger partial charge in [-0.3, -0.25) is 4.68 Å². The molecule has 0 unspecified atom stereocenters. The number of sulfonamides is 1. The van der Waals surface area contributed by atoms with E-state index < -0.39 is 10.0 Å². The van der Waals surface area contributed by atoms with Crippen molar-refractivity contribution in [2.24, 2.45) is 5.92 Å². The summed E-state index contributed by atoms with van der Waals surface area (Å²) in [4.78, 5) is 0. The van der Waals surface area contributed by atoms with E-state index >= 15 is 0 Å². The van der Waals surface area contributed by atoms with Gasteiger partial charge in [-0.2, -0.15) is 9.40 Å². The van der Waals surface area contributed by atoms with E-state index in [9.17, 15) is 13.5 Å². The Morgan fingerprint density at radius 2 is 2.04 bits per heavy atom. The molecule has 1 aromatic carbocycles. The first kappa shape index (κ1) is 18.1. The molecule has 1 N–H and O–H groups in total. The minimum Gasteiger partial charge on any atom is -0.392 e. The smallest absolute Gasteiger partial charge is 0.260 e. The van der Waals surface area contributed by atoms with E-state index in [4.69, 9.17) is 0 Å². The molecule has 6 nitrogen and oxygen atoms in total. The van der Waals surface area contributed by atoms with Gasteiger partial charge in [-0.15, -0.1) is 0 Å².